The fourth-order valence-electron chi connectivity index (χ4n) is 2.83. The minimum atomic E-state index is -0.833. The van der Waals surface area contributed by atoms with E-state index in [1.807, 2.05) is 12.1 Å². The van der Waals surface area contributed by atoms with E-state index in [9.17, 15) is 14.4 Å². The Morgan fingerprint density at radius 1 is 1.36 bits per heavy atom. The average Bonchev–Trinajstić information content (AvgIpc) is 2.81. The van der Waals surface area contributed by atoms with Crippen LogP contribution in [0.25, 0.3) is 0 Å². The number of esters is 1. The summed E-state index contributed by atoms with van der Waals surface area (Å²) in [6, 6.07) is 4.74. The van der Waals surface area contributed by atoms with Crippen molar-refractivity contribution in [1.82, 2.24) is 4.90 Å². The number of fused-ring (bicyclic) bond motifs is 1. The summed E-state index contributed by atoms with van der Waals surface area (Å²) < 4.78 is 5.25. The van der Waals surface area contributed by atoms with Crippen molar-refractivity contribution in [2.24, 2.45) is 5.73 Å². The molecular weight excluding hydrogens is 388 g/mol. The second-order valence-corrected chi connectivity index (χ2v) is 7.66. The molecule has 0 saturated heterocycles. The number of carbonyl (C=O) groups excluding carboxylic acids is 3. The van der Waals surface area contributed by atoms with Crippen LogP contribution in [0, 0.1) is 0 Å². The summed E-state index contributed by atoms with van der Waals surface area (Å²) >= 11 is 3.39. The second-order valence-electron chi connectivity index (χ2n) is 7.10. The number of nitrogens with two attached hydrogens (primary N) is 1. The molecule has 0 aliphatic carbocycles. The molecule has 0 spiro atoms. The number of amides is 2. The number of primary amides is 1. The normalized spacial score (nSPS) is 15.0. The molecule has 136 valence electrons. The van der Waals surface area contributed by atoms with Crippen molar-refractivity contribution in [2.75, 3.05) is 0 Å². The molecular formula is C18H23BrN2O4. The Balaban J connectivity index is 2.10. The fourth-order valence-corrected chi connectivity index (χ4v) is 3.18. The fraction of sp³-hybridized carbons (Fsp3) is 0.500. The Kier molecular flexibility index (Phi) is 5.87. The van der Waals surface area contributed by atoms with Crippen molar-refractivity contribution in [1.29, 1.82) is 0 Å². The lowest BCUT2D eigenvalue weighted by Gasteiger charge is -2.25. The zero-order valence-electron chi connectivity index (χ0n) is 14.7. The third-order valence-corrected chi connectivity index (χ3v) is 4.55. The van der Waals surface area contributed by atoms with Crippen LogP contribution in [0.4, 0.5) is 0 Å². The van der Waals surface area contributed by atoms with E-state index in [1.54, 1.807) is 26.8 Å². The van der Waals surface area contributed by atoms with Gasteiger partial charge in [0.25, 0.3) is 5.91 Å². The highest BCUT2D eigenvalue weighted by Crippen LogP contribution is 2.27. The Hall–Kier alpha value is -1.89. The molecule has 1 aliphatic heterocycles. The van der Waals surface area contributed by atoms with E-state index in [-0.39, 0.29) is 18.7 Å². The molecule has 2 amide bonds. The van der Waals surface area contributed by atoms with E-state index in [4.69, 9.17) is 10.5 Å². The molecule has 0 bridgehead atoms. The number of benzene rings is 1. The first kappa shape index (κ1) is 19.4. The molecule has 2 N–H and O–H groups in total. The SMILES string of the molecule is CC(C)(C)OC(=O)CCC(C(N)=O)N1Cc2cc(CBr)ccc2C1=O. The molecule has 0 radical (unpaired) electrons. The van der Waals surface area contributed by atoms with Gasteiger partial charge in [0.15, 0.2) is 0 Å². The van der Waals surface area contributed by atoms with Gasteiger partial charge in [-0.3, -0.25) is 14.4 Å². The zero-order chi connectivity index (χ0) is 18.8. The first-order chi connectivity index (χ1) is 11.6. The van der Waals surface area contributed by atoms with Crippen molar-refractivity contribution in [2.45, 2.75) is 57.1 Å². The quantitative estimate of drug-likeness (QED) is 0.576. The van der Waals surface area contributed by atoms with Gasteiger partial charge in [-0.1, -0.05) is 28.1 Å². The van der Waals surface area contributed by atoms with Crippen molar-refractivity contribution < 1.29 is 19.1 Å². The van der Waals surface area contributed by atoms with Gasteiger partial charge in [-0.25, -0.2) is 0 Å². The van der Waals surface area contributed by atoms with Crippen molar-refractivity contribution in [3.8, 4) is 0 Å². The molecule has 7 heteroatoms. The van der Waals surface area contributed by atoms with Crippen LogP contribution in [0.2, 0.25) is 0 Å². The molecule has 6 nitrogen and oxygen atoms in total. The summed E-state index contributed by atoms with van der Waals surface area (Å²) in [7, 11) is 0. The molecule has 1 unspecified atom stereocenters. The van der Waals surface area contributed by atoms with Gasteiger partial charge in [0.2, 0.25) is 5.91 Å². The first-order valence-electron chi connectivity index (χ1n) is 8.12. The van der Waals surface area contributed by atoms with E-state index in [1.165, 1.54) is 4.90 Å². The zero-order valence-corrected chi connectivity index (χ0v) is 16.3. The first-order valence-corrected chi connectivity index (χ1v) is 9.24. The Bertz CT molecular complexity index is 697. The smallest absolute Gasteiger partial charge is 0.306 e. The van der Waals surface area contributed by atoms with E-state index in [2.05, 4.69) is 15.9 Å². The predicted octanol–water partition coefficient (Wildman–Crippen LogP) is 2.51. The van der Waals surface area contributed by atoms with Crippen LogP contribution >= 0.6 is 15.9 Å². The molecule has 1 aromatic carbocycles. The Morgan fingerprint density at radius 3 is 2.60 bits per heavy atom. The summed E-state index contributed by atoms with van der Waals surface area (Å²) in [5.74, 6) is -1.26. The lowest BCUT2D eigenvalue weighted by Crippen LogP contribution is -2.45. The van der Waals surface area contributed by atoms with E-state index in [0.717, 1.165) is 11.1 Å². The number of hydrogen-bond acceptors (Lipinski definition) is 4. The summed E-state index contributed by atoms with van der Waals surface area (Å²) in [5, 5.41) is 0.687. The number of hydrogen-bond donors (Lipinski definition) is 1. The second kappa shape index (κ2) is 7.56. The molecule has 1 aliphatic rings. The van der Waals surface area contributed by atoms with Crippen molar-refractivity contribution in [3.05, 3.63) is 34.9 Å². The lowest BCUT2D eigenvalue weighted by molar-refractivity contribution is -0.155. The third-order valence-electron chi connectivity index (χ3n) is 3.90. The van der Waals surface area contributed by atoms with Gasteiger partial charge >= 0.3 is 5.97 Å². The maximum atomic E-state index is 12.6. The van der Waals surface area contributed by atoms with Crippen LogP contribution in [0.1, 0.15) is 55.1 Å². The van der Waals surface area contributed by atoms with Gasteiger partial charge in [-0.2, -0.15) is 0 Å². The topological polar surface area (TPSA) is 89.7 Å². The predicted molar refractivity (Wildman–Crippen MR) is 97.0 cm³/mol. The number of ether oxygens (including phenoxy) is 1. The van der Waals surface area contributed by atoms with E-state index < -0.39 is 23.5 Å². The number of rotatable bonds is 6. The summed E-state index contributed by atoms with van der Waals surface area (Å²) in [4.78, 5) is 37.8. The highest BCUT2D eigenvalue weighted by molar-refractivity contribution is 9.08. The summed E-state index contributed by atoms with van der Waals surface area (Å²) in [5.41, 5.74) is 7.40. The molecule has 0 aromatic heterocycles. The lowest BCUT2D eigenvalue weighted by atomic mass is 10.1. The van der Waals surface area contributed by atoms with Gasteiger partial charge in [0, 0.05) is 23.9 Å². The van der Waals surface area contributed by atoms with Crippen LogP contribution in [-0.4, -0.2) is 34.3 Å². The highest BCUT2D eigenvalue weighted by Gasteiger charge is 2.35. The molecule has 2 rings (SSSR count). The average molecular weight is 411 g/mol. The molecule has 1 aromatic rings. The number of nitrogens with zero attached hydrogens (tertiary/aromatic N) is 1. The molecule has 0 fully saturated rings. The number of halogens is 1. The van der Waals surface area contributed by atoms with Crippen LogP contribution in [0.15, 0.2) is 18.2 Å². The number of carbonyl (C=O) groups is 3. The monoisotopic (exact) mass is 410 g/mol. The standard InChI is InChI=1S/C18H23BrN2O4/c1-18(2,3)25-15(22)7-6-14(16(20)23)21-10-12-8-11(9-19)4-5-13(12)17(21)24/h4-5,8,14H,6-7,9-10H2,1-3H3,(H2,20,23). The minimum absolute atomic E-state index is 0.0254. The minimum Gasteiger partial charge on any atom is -0.460 e. The molecule has 25 heavy (non-hydrogen) atoms. The summed E-state index contributed by atoms with van der Waals surface area (Å²) in [6.07, 6.45) is 0.174. The van der Waals surface area contributed by atoms with Gasteiger partial charge < -0.3 is 15.4 Å². The van der Waals surface area contributed by atoms with Crippen LogP contribution in [-0.2, 0) is 26.2 Å². The highest BCUT2D eigenvalue weighted by atomic mass is 79.9. The molecule has 1 atom stereocenters. The molecule has 0 saturated carbocycles. The van der Waals surface area contributed by atoms with Crippen LogP contribution in [0.3, 0.4) is 0 Å². The maximum absolute atomic E-state index is 12.6. The van der Waals surface area contributed by atoms with Crippen molar-refractivity contribution >= 4 is 33.7 Å². The van der Waals surface area contributed by atoms with E-state index >= 15 is 0 Å². The Morgan fingerprint density at radius 2 is 2.04 bits per heavy atom. The Labute approximate surface area is 155 Å². The van der Waals surface area contributed by atoms with Crippen LogP contribution in [0.5, 0.6) is 0 Å². The maximum Gasteiger partial charge on any atom is 0.306 e. The number of alkyl halides is 1. The van der Waals surface area contributed by atoms with E-state index in [0.29, 0.717) is 17.4 Å². The third kappa shape index (κ3) is 4.81. The summed E-state index contributed by atoms with van der Waals surface area (Å²) in [6.45, 7) is 5.65. The van der Waals surface area contributed by atoms with Crippen LogP contribution < -0.4 is 5.73 Å². The van der Waals surface area contributed by atoms with Gasteiger partial charge in [0.1, 0.15) is 11.6 Å². The van der Waals surface area contributed by atoms with Crippen molar-refractivity contribution in [3.63, 3.8) is 0 Å². The van der Waals surface area contributed by atoms with Gasteiger partial charge in [-0.05, 0) is 44.4 Å². The largest absolute Gasteiger partial charge is 0.460 e. The molecule has 1 heterocycles. The van der Waals surface area contributed by atoms with Gasteiger partial charge in [-0.15, -0.1) is 0 Å². The van der Waals surface area contributed by atoms with Gasteiger partial charge in [0.05, 0.1) is 0 Å².